The number of nitrogens with two attached hydrogens (primary N) is 1. The van der Waals surface area contributed by atoms with E-state index in [0.717, 1.165) is 13.0 Å². The van der Waals surface area contributed by atoms with Crippen LogP contribution in [-0.2, 0) is 3.07 Å². The fraction of sp³-hybridized carbons (Fsp3) is 0.538. The molecule has 0 aliphatic carbocycles. The van der Waals surface area contributed by atoms with E-state index in [4.69, 9.17) is 8.81 Å². The molecule has 1 rings (SSSR count). The third-order valence-electron chi connectivity index (χ3n) is 2.55. The van der Waals surface area contributed by atoms with Gasteiger partial charge < -0.3 is 0 Å². The number of hydrogen-bond donors (Lipinski definition) is 1. The Morgan fingerprint density at radius 2 is 2.00 bits per heavy atom. The molecular weight excluding hydrogens is 305 g/mol. The van der Waals surface area contributed by atoms with Crippen molar-refractivity contribution in [3.63, 3.8) is 0 Å². The SMILES string of the molecule is CCC[O][Sn]([CH2]C)[c]1ccccc1C(C)N. The van der Waals surface area contributed by atoms with Crippen molar-refractivity contribution in [1.29, 1.82) is 0 Å². The molecule has 0 fully saturated rings. The maximum atomic E-state index is 6.06. The zero-order chi connectivity index (χ0) is 12.0. The molecule has 2 nitrogen and oxygen atoms in total. The molecule has 0 saturated heterocycles. The summed E-state index contributed by atoms with van der Waals surface area (Å²) in [6.45, 7) is 7.35. The molecule has 0 bridgehead atoms. The summed E-state index contributed by atoms with van der Waals surface area (Å²) in [5, 5.41) is 0. The molecule has 2 N–H and O–H groups in total. The molecule has 1 atom stereocenters. The molecule has 0 heterocycles. The van der Waals surface area contributed by atoms with Gasteiger partial charge in [0, 0.05) is 0 Å². The van der Waals surface area contributed by atoms with Crippen LogP contribution in [0.2, 0.25) is 4.44 Å². The first-order chi connectivity index (χ1) is 7.70. The van der Waals surface area contributed by atoms with Gasteiger partial charge in [0.15, 0.2) is 0 Å². The van der Waals surface area contributed by atoms with Crippen molar-refractivity contribution in [2.45, 2.75) is 37.7 Å². The molecule has 1 unspecified atom stereocenters. The zero-order valence-corrected chi connectivity index (χ0v) is 13.3. The number of benzene rings is 1. The van der Waals surface area contributed by atoms with Crippen LogP contribution < -0.4 is 9.31 Å². The molecule has 1 aromatic carbocycles. The summed E-state index contributed by atoms with van der Waals surface area (Å²) in [4.78, 5) is 0. The van der Waals surface area contributed by atoms with Crippen molar-refractivity contribution >= 4 is 23.8 Å². The molecule has 0 spiro atoms. The zero-order valence-electron chi connectivity index (χ0n) is 10.5. The van der Waals surface area contributed by atoms with Gasteiger partial charge in [0.05, 0.1) is 0 Å². The molecule has 0 saturated carbocycles. The summed E-state index contributed by atoms with van der Waals surface area (Å²) in [6.07, 6.45) is 1.10. The van der Waals surface area contributed by atoms with Crippen molar-refractivity contribution in [1.82, 2.24) is 0 Å². The topological polar surface area (TPSA) is 35.2 Å². The maximum absolute atomic E-state index is 6.06. The van der Waals surface area contributed by atoms with Crippen molar-refractivity contribution in [3.05, 3.63) is 29.8 Å². The molecule has 0 aliphatic rings. The Balaban J connectivity index is 2.90. The molecule has 0 amide bonds. The first kappa shape index (κ1) is 14.0. The van der Waals surface area contributed by atoms with Gasteiger partial charge in [-0.05, 0) is 0 Å². The predicted octanol–water partition coefficient (Wildman–Crippen LogP) is 2.35. The number of rotatable bonds is 6. The van der Waals surface area contributed by atoms with Gasteiger partial charge in [0.25, 0.3) is 0 Å². The standard InChI is InChI=1S/C8H10N.C3H7O.C2H5.Sn/c1-7(9)8-5-3-2-4-6-8;1-2-3-4;1-2;/h2-5,7H,9H2,1H3;2-3H2,1H3;1H2,2H3;/q;-1;;+1. The summed E-state index contributed by atoms with van der Waals surface area (Å²) in [5.41, 5.74) is 7.30. The van der Waals surface area contributed by atoms with Crippen LogP contribution in [0.4, 0.5) is 0 Å². The Bertz CT molecular complexity index is 315. The second kappa shape index (κ2) is 7.30. The minimum absolute atomic E-state index is 0.114. The van der Waals surface area contributed by atoms with Crippen LogP contribution in [0.1, 0.15) is 38.8 Å². The van der Waals surface area contributed by atoms with Crippen LogP contribution in [0.3, 0.4) is 0 Å². The van der Waals surface area contributed by atoms with E-state index in [1.165, 1.54) is 13.6 Å². The van der Waals surface area contributed by atoms with Crippen LogP contribution in [0, 0.1) is 0 Å². The molecule has 1 radical (unpaired) electrons. The van der Waals surface area contributed by atoms with Crippen LogP contribution in [0.5, 0.6) is 0 Å². The van der Waals surface area contributed by atoms with E-state index >= 15 is 0 Å². The Kier molecular flexibility index (Phi) is 6.39. The Hall–Kier alpha value is -0.0613. The van der Waals surface area contributed by atoms with E-state index in [-0.39, 0.29) is 6.04 Å². The van der Waals surface area contributed by atoms with E-state index in [2.05, 4.69) is 45.0 Å². The van der Waals surface area contributed by atoms with Crippen LogP contribution in [0.15, 0.2) is 24.3 Å². The molecule has 0 aliphatic heterocycles. The second-order valence-electron chi connectivity index (χ2n) is 4.00. The summed E-state index contributed by atoms with van der Waals surface area (Å²) in [5.74, 6) is 0. The van der Waals surface area contributed by atoms with Gasteiger partial charge >= 0.3 is 107 Å². The van der Waals surface area contributed by atoms with Crippen molar-refractivity contribution in [3.8, 4) is 0 Å². The predicted molar refractivity (Wildman–Crippen MR) is 71.2 cm³/mol. The first-order valence-corrected chi connectivity index (χ1v) is 10.6. The Morgan fingerprint density at radius 1 is 1.31 bits per heavy atom. The summed E-state index contributed by atoms with van der Waals surface area (Å²) < 4.78 is 8.69. The Morgan fingerprint density at radius 3 is 2.56 bits per heavy atom. The van der Waals surface area contributed by atoms with E-state index in [9.17, 15) is 0 Å². The van der Waals surface area contributed by atoms with Crippen LogP contribution in [-0.4, -0.2) is 26.8 Å². The van der Waals surface area contributed by atoms with Gasteiger partial charge in [-0.1, -0.05) is 0 Å². The van der Waals surface area contributed by atoms with Crippen LogP contribution >= 0.6 is 0 Å². The number of hydrogen-bond acceptors (Lipinski definition) is 2. The normalized spacial score (nSPS) is 13.1. The van der Waals surface area contributed by atoms with Gasteiger partial charge in [0.1, 0.15) is 0 Å². The van der Waals surface area contributed by atoms with E-state index < -0.39 is 20.2 Å². The average Bonchev–Trinajstić information content (AvgIpc) is 2.30. The van der Waals surface area contributed by atoms with Gasteiger partial charge in [-0.15, -0.1) is 0 Å². The fourth-order valence-electron chi connectivity index (χ4n) is 1.74. The minimum atomic E-state index is -1.87. The molecule has 0 aromatic heterocycles. The summed E-state index contributed by atoms with van der Waals surface area (Å²) in [6, 6.07) is 8.65. The van der Waals surface area contributed by atoms with Crippen molar-refractivity contribution < 1.29 is 3.07 Å². The summed E-state index contributed by atoms with van der Waals surface area (Å²) in [7, 11) is 0. The van der Waals surface area contributed by atoms with Gasteiger partial charge in [-0.2, -0.15) is 0 Å². The van der Waals surface area contributed by atoms with Gasteiger partial charge in [0.2, 0.25) is 0 Å². The molecule has 1 aromatic rings. The molecule has 16 heavy (non-hydrogen) atoms. The molecule has 89 valence electrons. The summed E-state index contributed by atoms with van der Waals surface area (Å²) >= 11 is -1.87. The fourth-order valence-corrected chi connectivity index (χ4v) is 7.75. The third-order valence-corrected chi connectivity index (χ3v) is 8.98. The van der Waals surface area contributed by atoms with Gasteiger partial charge in [-0.3, -0.25) is 0 Å². The molecule has 3 heteroatoms. The van der Waals surface area contributed by atoms with Crippen LogP contribution in [0.25, 0.3) is 0 Å². The molecular formula is C13H22NOSn. The average molecular weight is 327 g/mol. The second-order valence-corrected chi connectivity index (χ2v) is 10.8. The quantitative estimate of drug-likeness (QED) is 0.814. The van der Waals surface area contributed by atoms with Crippen molar-refractivity contribution in [2.75, 3.05) is 6.61 Å². The van der Waals surface area contributed by atoms with E-state index in [1.54, 1.807) is 0 Å². The van der Waals surface area contributed by atoms with Crippen molar-refractivity contribution in [2.24, 2.45) is 5.73 Å². The van der Waals surface area contributed by atoms with Gasteiger partial charge in [-0.25, -0.2) is 0 Å². The monoisotopic (exact) mass is 328 g/mol. The first-order valence-electron chi connectivity index (χ1n) is 6.04. The third kappa shape index (κ3) is 3.75. The van der Waals surface area contributed by atoms with E-state index in [1.807, 2.05) is 0 Å². The van der Waals surface area contributed by atoms with E-state index in [0.29, 0.717) is 0 Å². The Labute approximate surface area is 106 Å².